The fourth-order valence-corrected chi connectivity index (χ4v) is 5.62. The van der Waals surface area contributed by atoms with E-state index in [1.54, 1.807) is 12.1 Å². The molecule has 0 unspecified atom stereocenters. The molecule has 0 spiro atoms. The third-order valence-electron chi connectivity index (χ3n) is 5.65. The Morgan fingerprint density at radius 3 is 2.58 bits per heavy atom. The molecule has 1 saturated heterocycles. The number of nitrogens with one attached hydrogen (secondary N) is 1. The number of hydrogen-bond acceptors (Lipinski definition) is 6. The number of aromatic amines is 1. The van der Waals surface area contributed by atoms with Crippen molar-refractivity contribution in [1.29, 1.82) is 0 Å². The van der Waals surface area contributed by atoms with Gasteiger partial charge in [-0.3, -0.25) is 9.69 Å². The van der Waals surface area contributed by atoms with Crippen LogP contribution >= 0.6 is 22.7 Å². The zero-order chi connectivity index (χ0) is 21.2. The molecule has 4 heterocycles. The van der Waals surface area contributed by atoms with Crippen LogP contribution in [0.5, 0.6) is 0 Å². The first-order valence-electron chi connectivity index (χ1n) is 10.4. The van der Waals surface area contributed by atoms with E-state index in [0.29, 0.717) is 22.6 Å². The second-order valence-corrected chi connectivity index (χ2v) is 9.88. The molecule has 160 valence electrons. The lowest BCUT2D eigenvalue weighted by Crippen LogP contribution is -2.46. The van der Waals surface area contributed by atoms with Crippen molar-refractivity contribution in [3.63, 3.8) is 0 Å². The van der Waals surface area contributed by atoms with Crippen molar-refractivity contribution in [2.24, 2.45) is 0 Å². The zero-order valence-corrected chi connectivity index (χ0v) is 18.6. The summed E-state index contributed by atoms with van der Waals surface area (Å²) in [5.74, 6) is 0.433. The van der Waals surface area contributed by atoms with Gasteiger partial charge in [0.2, 0.25) is 0 Å². The van der Waals surface area contributed by atoms with Gasteiger partial charge in [-0.2, -0.15) is 0 Å². The predicted octanol–water partition coefficient (Wildman–Crippen LogP) is 4.21. The molecule has 0 bridgehead atoms. The van der Waals surface area contributed by atoms with E-state index in [-0.39, 0.29) is 11.4 Å². The van der Waals surface area contributed by atoms with Crippen LogP contribution in [0.2, 0.25) is 0 Å². The van der Waals surface area contributed by atoms with Crippen molar-refractivity contribution < 1.29 is 4.39 Å². The van der Waals surface area contributed by atoms with Gasteiger partial charge in [0.05, 0.1) is 12.1 Å². The van der Waals surface area contributed by atoms with Crippen molar-refractivity contribution >= 4 is 32.9 Å². The number of nitrogens with zero attached hydrogens (tertiary/aromatic N) is 3. The molecule has 0 saturated carbocycles. The van der Waals surface area contributed by atoms with Gasteiger partial charge in [0, 0.05) is 42.5 Å². The largest absolute Gasteiger partial charge is 0.308 e. The molecule has 3 aromatic heterocycles. The van der Waals surface area contributed by atoms with Crippen LogP contribution in [-0.2, 0) is 13.0 Å². The van der Waals surface area contributed by atoms with E-state index >= 15 is 0 Å². The van der Waals surface area contributed by atoms with Crippen LogP contribution in [-0.4, -0.2) is 52.5 Å². The number of fused-ring (bicyclic) bond motifs is 1. The monoisotopic (exact) mass is 454 g/mol. The SMILES string of the molecule is O=c1[nH]c(CN2CCN(CCc3cccs3)CC2)nc2cc(-c3ccc(F)cc3)sc12. The Labute approximate surface area is 187 Å². The standard InChI is InChI=1S/C23H23FN4OS2/c24-17-5-3-16(4-6-17)20-14-19-22(31-20)23(29)26-21(25-19)15-28-11-9-27(10-12-28)8-7-18-2-1-13-30-18/h1-6,13-14H,7-12,15H2,(H,25,26,29). The number of halogens is 1. The summed E-state index contributed by atoms with van der Waals surface area (Å²) in [4.78, 5) is 27.5. The average Bonchev–Trinajstić information content (AvgIpc) is 3.44. The number of thiophene rings is 2. The summed E-state index contributed by atoms with van der Waals surface area (Å²) >= 11 is 3.22. The van der Waals surface area contributed by atoms with Crippen molar-refractivity contribution in [1.82, 2.24) is 19.8 Å². The first-order chi connectivity index (χ1) is 15.1. The maximum atomic E-state index is 13.2. The van der Waals surface area contributed by atoms with Crippen molar-refractivity contribution in [3.8, 4) is 10.4 Å². The van der Waals surface area contributed by atoms with Crippen LogP contribution in [0, 0.1) is 5.82 Å². The molecule has 1 aromatic carbocycles. The highest BCUT2D eigenvalue weighted by Gasteiger charge is 2.18. The fourth-order valence-electron chi connectivity index (χ4n) is 3.93. The highest BCUT2D eigenvalue weighted by molar-refractivity contribution is 7.22. The van der Waals surface area contributed by atoms with Gasteiger partial charge in [0.25, 0.3) is 5.56 Å². The molecule has 1 aliphatic rings. The predicted molar refractivity (Wildman–Crippen MR) is 125 cm³/mol. The van der Waals surface area contributed by atoms with E-state index in [1.807, 2.05) is 17.4 Å². The Morgan fingerprint density at radius 1 is 1.06 bits per heavy atom. The molecule has 0 atom stereocenters. The van der Waals surface area contributed by atoms with Crippen LogP contribution in [0.15, 0.2) is 52.6 Å². The maximum absolute atomic E-state index is 13.2. The lowest BCUT2D eigenvalue weighted by Gasteiger charge is -2.34. The molecule has 0 aliphatic carbocycles. The average molecular weight is 455 g/mol. The quantitative estimate of drug-likeness (QED) is 0.474. The Kier molecular flexibility index (Phi) is 5.95. The maximum Gasteiger partial charge on any atom is 0.268 e. The highest BCUT2D eigenvalue weighted by atomic mass is 32.1. The Morgan fingerprint density at radius 2 is 1.84 bits per heavy atom. The number of aromatic nitrogens is 2. The summed E-state index contributed by atoms with van der Waals surface area (Å²) in [5.41, 5.74) is 1.50. The van der Waals surface area contributed by atoms with Crippen molar-refractivity contribution in [2.75, 3.05) is 32.7 Å². The van der Waals surface area contributed by atoms with E-state index < -0.39 is 0 Å². The topological polar surface area (TPSA) is 52.2 Å². The summed E-state index contributed by atoms with van der Waals surface area (Å²) in [6, 6.07) is 12.6. The smallest absolute Gasteiger partial charge is 0.268 e. The summed E-state index contributed by atoms with van der Waals surface area (Å²) in [7, 11) is 0. The minimum absolute atomic E-state index is 0.104. The lowest BCUT2D eigenvalue weighted by molar-refractivity contribution is 0.126. The summed E-state index contributed by atoms with van der Waals surface area (Å²) < 4.78 is 13.8. The van der Waals surface area contributed by atoms with Crippen LogP contribution in [0.3, 0.4) is 0 Å². The first-order valence-corrected chi connectivity index (χ1v) is 12.1. The number of benzene rings is 1. The Balaban J connectivity index is 1.23. The summed E-state index contributed by atoms with van der Waals surface area (Å²) in [5, 5.41) is 2.13. The number of H-pyrrole nitrogens is 1. The van der Waals surface area contributed by atoms with E-state index in [2.05, 4.69) is 32.3 Å². The van der Waals surface area contributed by atoms with Crippen molar-refractivity contribution in [2.45, 2.75) is 13.0 Å². The van der Waals surface area contributed by atoms with Gasteiger partial charge in [-0.15, -0.1) is 22.7 Å². The van der Waals surface area contributed by atoms with Gasteiger partial charge in [0.15, 0.2) is 0 Å². The molecule has 5 nitrogen and oxygen atoms in total. The second kappa shape index (κ2) is 9.00. The first kappa shape index (κ1) is 20.5. The molecule has 1 aliphatic heterocycles. The van der Waals surface area contributed by atoms with Gasteiger partial charge in [0.1, 0.15) is 16.3 Å². The van der Waals surface area contributed by atoms with Gasteiger partial charge in [-0.05, 0) is 41.6 Å². The van der Waals surface area contributed by atoms with Gasteiger partial charge in [-0.1, -0.05) is 18.2 Å². The molecule has 5 rings (SSSR count). The van der Waals surface area contributed by atoms with Gasteiger partial charge < -0.3 is 9.88 Å². The second-order valence-electron chi connectivity index (χ2n) is 7.79. The third-order valence-corrected chi connectivity index (χ3v) is 7.76. The van der Waals surface area contributed by atoms with Crippen molar-refractivity contribution in [3.05, 3.63) is 74.7 Å². The number of piperazine rings is 1. The molecular weight excluding hydrogens is 431 g/mol. The van der Waals surface area contributed by atoms with Crippen LogP contribution in [0.25, 0.3) is 20.7 Å². The van der Waals surface area contributed by atoms with E-state index in [0.717, 1.165) is 49.6 Å². The van der Waals surface area contributed by atoms with Gasteiger partial charge >= 0.3 is 0 Å². The number of rotatable bonds is 6. The molecule has 1 fully saturated rings. The zero-order valence-electron chi connectivity index (χ0n) is 17.0. The fraction of sp³-hybridized carbons (Fsp3) is 0.304. The normalized spacial score (nSPS) is 15.6. The third kappa shape index (κ3) is 4.77. The van der Waals surface area contributed by atoms with E-state index in [9.17, 15) is 9.18 Å². The number of hydrogen-bond donors (Lipinski definition) is 1. The summed E-state index contributed by atoms with van der Waals surface area (Å²) in [6.07, 6.45) is 1.11. The molecule has 4 aromatic rings. The van der Waals surface area contributed by atoms with E-state index in [4.69, 9.17) is 4.98 Å². The van der Waals surface area contributed by atoms with E-state index in [1.165, 1.54) is 28.3 Å². The minimum Gasteiger partial charge on any atom is -0.308 e. The Bertz CT molecular complexity index is 1210. The lowest BCUT2D eigenvalue weighted by atomic mass is 10.2. The summed E-state index contributed by atoms with van der Waals surface area (Å²) in [6.45, 7) is 5.74. The molecule has 31 heavy (non-hydrogen) atoms. The van der Waals surface area contributed by atoms with Crippen LogP contribution in [0.1, 0.15) is 10.7 Å². The molecule has 1 N–H and O–H groups in total. The highest BCUT2D eigenvalue weighted by Crippen LogP contribution is 2.31. The van der Waals surface area contributed by atoms with Gasteiger partial charge in [-0.25, -0.2) is 9.37 Å². The minimum atomic E-state index is -0.269. The Hall–Kier alpha value is -2.39. The molecule has 0 amide bonds. The van der Waals surface area contributed by atoms with Crippen LogP contribution < -0.4 is 5.56 Å². The molecule has 0 radical (unpaired) electrons. The van der Waals surface area contributed by atoms with Crippen LogP contribution in [0.4, 0.5) is 4.39 Å². The molecular formula is C23H23FN4OS2. The molecule has 8 heteroatoms.